The maximum atomic E-state index is 13.9. The van der Waals surface area contributed by atoms with E-state index in [-0.39, 0.29) is 31.5 Å². The van der Waals surface area contributed by atoms with Crippen molar-refractivity contribution in [2.24, 2.45) is 5.92 Å². The molecule has 1 N–H and O–H groups in total. The average Bonchev–Trinajstić information content (AvgIpc) is 2.72. The maximum absolute atomic E-state index is 13.9. The highest BCUT2D eigenvalue weighted by molar-refractivity contribution is 7.89. The van der Waals surface area contributed by atoms with Crippen LogP contribution in [-0.4, -0.2) is 31.7 Å². The predicted molar refractivity (Wildman–Crippen MR) is 101 cm³/mol. The fourth-order valence-corrected chi connectivity index (χ4v) is 4.98. The summed E-state index contributed by atoms with van der Waals surface area (Å²) in [7, 11) is -4.06. The highest BCUT2D eigenvalue weighted by Crippen LogP contribution is 2.32. The molecule has 1 aliphatic rings. The monoisotopic (exact) mass is 462 g/mol. The third-order valence-corrected chi connectivity index (χ3v) is 7.04. The van der Waals surface area contributed by atoms with E-state index in [1.165, 1.54) is 12.1 Å². The number of carbonyl (C=O) groups excluding carboxylic acids is 1. The average molecular weight is 462 g/mol. The highest BCUT2D eigenvalue weighted by atomic mass is 32.2. The van der Waals surface area contributed by atoms with Gasteiger partial charge in [0.2, 0.25) is 15.9 Å². The van der Waals surface area contributed by atoms with E-state index in [1.54, 1.807) is 0 Å². The van der Waals surface area contributed by atoms with Crippen molar-refractivity contribution in [3.63, 3.8) is 0 Å². The van der Waals surface area contributed by atoms with E-state index in [0.717, 1.165) is 28.6 Å². The van der Waals surface area contributed by atoms with Gasteiger partial charge in [-0.15, -0.1) is 0 Å². The molecule has 0 saturated carbocycles. The second-order valence-electron chi connectivity index (χ2n) is 7.13. The molecule has 1 saturated heterocycles. The first-order valence-corrected chi connectivity index (χ1v) is 10.8. The zero-order valence-corrected chi connectivity index (χ0v) is 16.9. The summed E-state index contributed by atoms with van der Waals surface area (Å²) in [5.74, 6) is -3.05. The van der Waals surface area contributed by atoms with Gasteiger partial charge in [0.05, 0.1) is 5.56 Å². The standard InChI is InChI=1S/C20H19F5N2O3S/c21-15-6-5-14(16(11-15)20(23,24)25)12-26-19(28)13-7-9-27(10-8-13)31(29,30)18-4-2-1-3-17(18)22/h1-6,11,13H,7-10,12H2,(H,26,28). The van der Waals surface area contributed by atoms with Gasteiger partial charge in [-0.05, 0) is 42.7 Å². The van der Waals surface area contributed by atoms with Crippen LogP contribution in [0.5, 0.6) is 0 Å². The van der Waals surface area contributed by atoms with Gasteiger partial charge < -0.3 is 5.32 Å². The molecular weight excluding hydrogens is 443 g/mol. The minimum absolute atomic E-state index is 0.0287. The van der Waals surface area contributed by atoms with E-state index in [2.05, 4.69) is 5.32 Å². The van der Waals surface area contributed by atoms with Gasteiger partial charge >= 0.3 is 6.18 Å². The Kier molecular flexibility index (Phi) is 6.65. The van der Waals surface area contributed by atoms with Crippen LogP contribution < -0.4 is 5.32 Å². The number of alkyl halides is 3. The Labute approximate surface area is 175 Å². The Morgan fingerprint density at radius 1 is 1.06 bits per heavy atom. The molecule has 2 aromatic carbocycles. The number of nitrogens with zero attached hydrogens (tertiary/aromatic N) is 1. The molecule has 0 radical (unpaired) electrons. The minimum Gasteiger partial charge on any atom is -0.352 e. The molecule has 1 aliphatic heterocycles. The summed E-state index contributed by atoms with van der Waals surface area (Å²) in [6.07, 6.45) is -4.50. The zero-order chi connectivity index (χ0) is 22.8. The van der Waals surface area contributed by atoms with Gasteiger partial charge in [-0.25, -0.2) is 17.2 Å². The first-order valence-electron chi connectivity index (χ1n) is 9.38. The number of hydrogen-bond acceptors (Lipinski definition) is 3. The number of benzene rings is 2. The summed E-state index contributed by atoms with van der Waals surface area (Å²) in [6, 6.07) is 7.18. The van der Waals surface area contributed by atoms with Crippen molar-refractivity contribution in [1.82, 2.24) is 9.62 Å². The van der Waals surface area contributed by atoms with Crippen LogP contribution in [0.3, 0.4) is 0 Å². The van der Waals surface area contributed by atoms with Gasteiger partial charge in [0.15, 0.2) is 0 Å². The zero-order valence-electron chi connectivity index (χ0n) is 16.1. The van der Waals surface area contributed by atoms with E-state index in [0.29, 0.717) is 6.07 Å². The molecule has 31 heavy (non-hydrogen) atoms. The Hall–Kier alpha value is -2.53. The number of sulfonamides is 1. The fourth-order valence-electron chi connectivity index (χ4n) is 3.44. The summed E-state index contributed by atoms with van der Waals surface area (Å²) in [6.45, 7) is -0.500. The van der Waals surface area contributed by atoms with Crippen molar-refractivity contribution in [3.8, 4) is 0 Å². The molecule has 0 aromatic heterocycles. The number of hydrogen-bond donors (Lipinski definition) is 1. The minimum atomic E-state index is -4.77. The normalized spacial score (nSPS) is 16.3. The quantitative estimate of drug-likeness (QED) is 0.690. The van der Waals surface area contributed by atoms with Crippen molar-refractivity contribution >= 4 is 15.9 Å². The maximum Gasteiger partial charge on any atom is 0.416 e. The highest BCUT2D eigenvalue weighted by Gasteiger charge is 2.35. The van der Waals surface area contributed by atoms with Crippen molar-refractivity contribution in [3.05, 3.63) is 65.2 Å². The van der Waals surface area contributed by atoms with Gasteiger partial charge in [-0.1, -0.05) is 18.2 Å². The van der Waals surface area contributed by atoms with Crippen LogP contribution in [0.15, 0.2) is 47.4 Å². The summed E-state index contributed by atoms with van der Waals surface area (Å²) >= 11 is 0. The van der Waals surface area contributed by atoms with Crippen LogP contribution in [0, 0.1) is 17.6 Å². The Balaban J connectivity index is 1.61. The smallest absolute Gasteiger partial charge is 0.352 e. The molecule has 0 unspecified atom stereocenters. The summed E-state index contributed by atoms with van der Waals surface area (Å²) < 4.78 is 92.5. The molecular formula is C20H19F5N2O3S. The third kappa shape index (κ3) is 5.21. The molecule has 3 rings (SSSR count). The van der Waals surface area contributed by atoms with Gasteiger partial charge in [0.25, 0.3) is 0 Å². The molecule has 0 atom stereocenters. The molecule has 2 aromatic rings. The van der Waals surface area contributed by atoms with Crippen LogP contribution in [-0.2, 0) is 27.5 Å². The SMILES string of the molecule is O=C(NCc1ccc(F)cc1C(F)(F)F)C1CCN(S(=O)(=O)c2ccccc2F)CC1. The lowest BCUT2D eigenvalue weighted by Gasteiger charge is -2.30. The lowest BCUT2D eigenvalue weighted by atomic mass is 9.97. The number of nitrogens with one attached hydrogen (secondary N) is 1. The molecule has 168 valence electrons. The van der Waals surface area contributed by atoms with E-state index in [4.69, 9.17) is 0 Å². The fraction of sp³-hybridized carbons (Fsp3) is 0.350. The van der Waals surface area contributed by atoms with Crippen molar-refractivity contribution < 1.29 is 35.2 Å². The van der Waals surface area contributed by atoms with Gasteiger partial charge in [-0.3, -0.25) is 4.79 Å². The first kappa shape index (κ1) is 23.1. The second-order valence-corrected chi connectivity index (χ2v) is 9.03. The van der Waals surface area contributed by atoms with E-state index >= 15 is 0 Å². The van der Waals surface area contributed by atoms with Crippen LogP contribution in [0.4, 0.5) is 22.0 Å². The first-order chi connectivity index (χ1) is 14.5. The van der Waals surface area contributed by atoms with E-state index < -0.39 is 56.7 Å². The van der Waals surface area contributed by atoms with Crippen molar-refractivity contribution in [1.29, 1.82) is 0 Å². The Morgan fingerprint density at radius 3 is 2.32 bits per heavy atom. The molecule has 1 heterocycles. The number of halogens is 5. The Bertz CT molecular complexity index is 1060. The van der Waals surface area contributed by atoms with Crippen LogP contribution >= 0.6 is 0 Å². The number of piperidine rings is 1. The van der Waals surface area contributed by atoms with Crippen LogP contribution in [0.1, 0.15) is 24.0 Å². The topological polar surface area (TPSA) is 66.5 Å². The van der Waals surface area contributed by atoms with E-state index in [1.807, 2.05) is 0 Å². The third-order valence-electron chi connectivity index (χ3n) is 5.11. The molecule has 5 nitrogen and oxygen atoms in total. The predicted octanol–water partition coefficient (Wildman–Crippen LogP) is 3.70. The largest absolute Gasteiger partial charge is 0.416 e. The molecule has 1 amide bonds. The number of carbonyl (C=O) groups is 1. The van der Waals surface area contributed by atoms with Crippen LogP contribution in [0.25, 0.3) is 0 Å². The van der Waals surface area contributed by atoms with Crippen molar-refractivity contribution in [2.75, 3.05) is 13.1 Å². The summed E-state index contributed by atoms with van der Waals surface area (Å²) in [5.41, 5.74) is -1.44. The molecule has 1 fully saturated rings. The lowest BCUT2D eigenvalue weighted by molar-refractivity contribution is -0.138. The summed E-state index contributed by atoms with van der Waals surface area (Å²) in [4.78, 5) is 11.9. The number of rotatable bonds is 5. The van der Waals surface area contributed by atoms with Gasteiger partial charge in [-0.2, -0.15) is 17.5 Å². The van der Waals surface area contributed by atoms with E-state index in [9.17, 15) is 35.2 Å². The van der Waals surface area contributed by atoms with Gasteiger partial charge in [0, 0.05) is 25.6 Å². The molecule has 11 heteroatoms. The second kappa shape index (κ2) is 8.91. The van der Waals surface area contributed by atoms with Crippen LogP contribution in [0.2, 0.25) is 0 Å². The molecule has 0 spiro atoms. The lowest BCUT2D eigenvalue weighted by Crippen LogP contribution is -2.43. The molecule has 0 bridgehead atoms. The molecule has 0 aliphatic carbocycles. The van der Waals surface area contributed by atoms with Crippen molar-refractivity contribution in [2.45, 2.75) is 30.5 Å². The summed E-state index contributed by atoms with van der Waals surface area (Å²) in [5, 5.41) is 2.41. The van der Waals surface area contributed by atoms with Gasteiger partial charge in [0.1, 0.15) is 16.5 Å². The Morgan fingerprint density at radius 2 is 1.71 bits per heavy atom. The number of amides is 1.